The Hall–Kier alpha value is -0.120. The summed E-state index contributed by atoms with van der Waals surface area (Å²) in [4.78, 5) is 0. The second-order valence-electron chi connectivity index (χ2n) is 4.88. The third kappa shape index (κ3) is 6.88. The zero-order chi connectivity index (χ0) is 11.9. The van der Waals surface area contributed by atoms with Gasteiger partial charge in [-0.05, 0) is 26.7 Å². The maximum absolute atomic E-state index is 5.63. The lowest BCUT2D eigenvalue weighted by Crippen LogP contribution is -2.46. The third-order valence-electron chi connectivity index (χ3n) is 2.48. The first kappa shape index (κ1) is 14.9. The molecule has 0 saturated carbocycles. The fraction of sp³-hybridized carbons (Fsp3) is 1.00. The van der Waals surface area contributed by atoms with Gasteiger partial charge in [0.2, 0.25) is 0 Å². The van der Waals surface area contributed by atoms with Crippen LogP contribution < -0.4 is 5.32 Å². The van der Waals surface area contributed by atoms with E-state index in [1.165, 1.54) is 0 Å². The van der Waals surface area contributed by atoms with Gasteiger partial charge in [0.05, 0.1) is 12.2 Å². The minimum Gasteiger partial charge on any atom is -0.383 e. The number of rotatable bonds is 8. The Morgan fingerprint density at radius 3 is 2.27 bits per heavy atom. The van der Waals surface area contributed by atoms with Crippen molar-refractivity contribution in [2.75, 3.05) is 26.9 Å². The standard InChI is InChI=1S/C12H27NO2/c1-7-15-12(4,5)9-13-11(8-14-6)10(2)3/h10-11,13H,7-9H2,1-6H3. The van der Waals surface area contributed by atoms with Crippen molar-refractivity contribution in [3.8, 4) is 0 Å². The molecule has 0 aromatic heterocycles. The number of nitrogens with one attached hydrogen (secondary N) is 1. The van der Waals surface area contributed by atoms with Gasteiger partial charge >= 0.3 is 0 Å². The summed E-state index contributed by atoms with van der Waals surface area (Å²) in [6.45, 7) is 13.0. The predicted octanol–water partition coefficient (Wildman–Crippen LogP) is 2.06. The van der Waals surface area contributed by atoms with Gasteiger partial charge in [-0.1, -0.05) is 13.8 Å². The molecule has 92 valence electrons. The highest BCUT2D eigenvalue weighted by Crippen LogP contribution is 2.09. The number of methoxy groups -OCH3 is 1. The monoisotopic (exact) mass is 217 g/mol. The maximum atomic E-state index is 5.63. The van der Waals surface area contributed by atoms with Crippen LogP contribution in [0.3, 0.4) is 0 Å². The summed E-state index contributed by atoms with van der Waals surface area (Å²) in [5.41, 5.74) is -0.102. The average Bonchev–Trinajstić information content (AvgIpc) is 2.11. The molecule has 0 amide bonds. The van der Waals surface area contributed by atoms with Crippen molar-refractivity contribution < 1.29 is 9.47 Å². The van der Waals surface area contributed by atoms with Crippen molar-refractivity contribution in [2.45, 2.75) is 46.3 Å². The average molecular weight is 217 g/mol. The van der Waals surface area contributed by atoms with Gasteiger partial charge in [0, 0.05) is 26.3 Å². The van der Waals surface area contributed by atoms with Gasteiger partial charge in [-0.25, -0.2) is 0 Å². The first-order valence-electron chi connectivity index (χ1n) is 5.79. The number of hydrogen-bond acceptors (Lipinski definition) is 3. The SMILES string of the molecule is CCOC(C)(C)CNC(COC)C(C)C. The number of ether oxygens (including phenoxy) is 2. The van der Waals surface area contributed by atoms with Crippen LogP contribution in [0.2, 0.25) is 0 Å². The molecule has 0 aliphatic rings. The van der Waals surface area contributed by atoms with Crippen LogP contribution in [0, 0.1) is 5.92 Å². The van der Waals surface area contributed by atoms with Crippen LogP contribution in [0.4, 0.5) is 0 Å². The molecule has 0 bridgehead atoms. The second kappa shape index (κ2) is 7.20. The lowest BCUT2D eigenvalue weighted by molar-refractivity contribution is -0.0137. The molecule has 1 unspecified atom stereocenters. The molecular weight excluding hydrogens is 190 g/mol. The van der Waals surface area contributed by atoms with Crippen molar-refractivity contribution in [2.24, 2.45) is 5.92 Å². The topological polar surface area (TPSA) is 30.5 Å². The molecule has 0 spiro atoms. The summed E-state index contributed by atoms with van der Waals surface area (Å²) in [6, 6.07) is 0.398. The van der Waals surface area contributed by atoms with E-state index in [2.05, 4.69) is 33.0 Å². The molecule has 3 heteroatoms. The molecule has 1 N–H and O–H groups in total. The fourth-order valence-electron chi connectivity index (χ4n) is 1.49. The van der Waals surface area contributed by atoms with Crippen molar-refractivity contribution in [1.82, 2.24) is 5.32 Å². The summed E-state index contributed by atoms with van der Waals surface area (Å²) in [7, 11) is 1.74. The second-order valence-corrected chi connectivity index (χ2v) is 4.88. The molecule has 0 radical (unpaired) electrons. The van der Waals surface area contributed by atoms with Gasteiger partial charge in [-0.3, -0.25) is 0 Å². The predicted molar refractivity (Wildman–Crippen MR) is 64.2 cm³/mol. The zero-order valence-corrected chi connectivity index (χ0v) is 11.1. The molecule has 1 atom stereocenters. The summed E-state index contributed by atoms with van der Waals surface area (Å²) in [6.07, 6.45) is 0. The van der Waals surface area contributed by atoms with Crippen molar-refractivity contribution in [1.29, 1.82) is 0 Å². The van der Waals surface area contributed by atoms with E-state index in [-0.39, 0.29) is 5.60 Å². The van der Waals surface area contributed by atoms with Crippen molar-refractivity contribution >= 4 is 0 Å². The molecule has 0 aromatic rings. The Kier molecular flexibility index (Phi) is 7.14. The normalized spacial score (nSPS) is 14.6. The molecular formula is C12H27NO2. The van der Waals surface area contributed by atoms with E-state index in [0.717, 1.165) is 19.8 Å². The van der Waals surface area contributed by atoms with E-state index in [1.54, 1.807) is 7.11 Å². The van der Waals surface area contributed by atoms with E-state index in [0.29, 0.717) is 12.0 Å². The highest BCUT2D eigenvalue weighted by Gasteiger charge is 2.20. The molecule has 0 aromatic carbocycles. The van der Waals surface area contributed by atoms with Gasteiger partial charge in [0.1, 0.15) is 0 Å². The van der Waals surface area contributed by atoms with Gasteiger partial charge < -0.3 is 14.8 Å². The molecule has 15 heavy (non-hydrogen) atoms. The highest BCUT2D eigenvalue weighted by atomic mass is 16.5. The smallest absolute Gasteiger partial charge is 0.0750 e. The Morgan fingerprint density at radius 2 is 1.87 bits per heavy atom. The lowest BCUT2D eigenvalue weighted by Gasteiger charge is -2.29. The quantitative estimate of drug-likeness (QED) is 0.675. The Balaban J connectivity index is 3.97. The molecule has 0 aliphatic heterocycles. The Labute approximate surface area is 94.5 Å². The van der Waals surface area contributed by atoms with Crippen LogP contribution in [0.25, 0.3) is 0 Å². The molecule has 0 rings (SSSR count). The van der Waals surface area contributed by atoms with Crippen LogP contribution in [-0.2, 0) is 9.47 Å². The van der Waals surface area contributed by atoms with Crippen LogP contribution in [-0.4, -0.2) is 38.5 Å². The maximum Gasteiger partial charge on any atom is 0.0750 e. The molecule has 0 saturated heterocycles. The zero-order valence-electron chi connectivity index (χ0n) is 11.1. The van der Waals surface area contributed by atoms with E-state index in [1.807, 2.05) is 6.92 Å². The summed E-state index contributed by atoms with van der Waals surface area (Å²) < 4.78 is 10.8. The summed E-state index contributed by atoms with van der Waals surface area (Å²) >= 11 is 0. The van der Waals surface area contributed by atoms with Crippen LogP contribution >= 0.6 is 0 Å². The first-order chi connectivity index (χ1) is 6.93. The number of hydrogen-bond donors (Lipinski definition) is 1. The first-order valence-corrected chi connectivity index (χ1v) is 5.79. The van der Waals surface area contributed by atoms with E-state index in [4.69, 9.17) is 9.47 Å². The highest BCUT2D eigenvalue weighted by molar-refractivity contribution is 4.77. The molecule has 0 fully saturated rings. The van der Waals surface area contributed by atoms with Crippen LogP contribution in [0.5, 0.6) is 0 Å². The summed E-state index contributed by atoms with van der Waals surface area (Å²) in [5, 5.41) is 3.50. The molecule has 0 heterocycles. The van der Waals surface area contributed by atoms with E-state index >= 15 is 0 Å². The Bertz CT molecular complexity index is 158. The molecule has 0 aliphatic carbocycles. The van der Waals surface area contributed by atoms with Crippen molar-refractivity contribution in [3.63, 3.8) is 0 Å². The van der Waals surface area contributed by atoms with Crippen molar-refractivity contribution in [3.05, 3.63) is 0 Å². The minimum atomic E-state index is -0.102. The van der Waals surface area contributed by atoms with Crippen LogP contribution in [0.1, 0.15) is 34.6 Å². The van der Waals surface area contributed by atoms with Gasteiger partial charge in [0.15, 0.2) is 0 Å². The van der Waals surface area contributed by atoms with Gasteiger partial charge in [-0.15, -0.1) is 0 Å². The van der Waals surface area contributed by atoms with Gasteiger partial charge in [-0.2, -0.15) is 0 Å². The lowest BCUT2D eigenvalue weighted by atomic mass is 10.0. The minimum absolute atomic E-state index is 0.102. The van der Waals surface area contributed by atoms with Gasteiger partial charge in [0.25, 0.3) is 0 Å². The largest absolute Gasteiger partial charge is 0.383 e. The molecule has 3 nitrogen and oxygen atoms in total. The third-order valence-corrected chi connectivity index (χ3v) is 2.48. The van der Waals surface area contributed by atoms with E-state index < -0.39 is 0 Å². The fourth-order valence-corrected chi connectivity index (χ4v) is 1.49. The summed E-state index contributed by atoms with van der Waals surface area (Å²) in [5.74, 6) is 0.572. The van der Waals surface area contributed by atoms with Crippen LogP contribution in [0.15, 0.2) is 0 Å². The Morgan fingerprint density at radius 1 is 1.27 bits per heavy atom. The van der Waals surface area contributed by atoms with E-state index in [9.17, 15) is 0 Å².